The van der Waals surface area contributed by atoms with Crippen molar-refractivity contribution >= 4 is 27.7 Å². The fraction of sp³-hybridized carbons (Fsp3) is 0.333. The lowest BCUT2D eigenvalue weighted by molar-refractivity contribution is -0.0245. The van der Waals surface area contributed by atoms with E-state index in [9.17, 15) is 9.59 Å². The molecule has 1 saturated heterocycles. The van der Waals surface area contributed by atoms with E-state index < -0.39 is 5.72 Å². The minimum Gasteiger partial charge on any atom is -0.496 e. The number of nitrogens with zero attached hydrogens (tertiary/aromatic N) is 1. The zero-order valence-electron chi connectivity index (χ0n) is 15.8. The Morgan fingerprint density at radius 3 is 2.68 bits per heavy atom. The first-order chi connectivity index (χ1) is 13.4. The molecule has 0 aliphatic carbocycles. The van der Waals surface area contributed by atoms with Crippen LogP contribution in [0, 0.1) is 6.92 Å². The van der Waals surface area contributed by atoms with Crippen molar-refractivity contribution in [3.8, 4) is 11.5 Å². The number of halogens is 1. The van der Waals surface area contributed by atoms with Crippen molar-refractivity contribution in [2.24, 2.45) is 0 Å². The predicted molar refractivity (Wildman–Crippen MR) is 108 cm³/mol. The maximum Gasteiger partial charge on any atom is 0.258 e. The lowest BCUT2D eigenvalue weighted by Gasteiger charge is -2.44. The molecule has 2 aliphatic heterocycles. The maximum absolute atomic E-state index is 12.9. The molecule has 0 radical (unpaired) electrons. The third kappa shape index (κ3) is 3.35. The fourth-order valence-electron chi connectivity index (χ4n) is 3.71. The third-order valence-electron chi connectivity index (χ3n) is 5.35. The molecule has 0 bridgehead atoms. The van der Waals surface area contributed by atoms with E-state index in [2.05, 4.69) is 21.2 Å². The molecule has 0 unspecified atom stereocenters. The average molecular weight is 445 g/mol. The Morgan fingerprint density at radius 1 is 1.21 bits per heavy atom. The summed E-state index contributed by atoms with van der Waals surface area (Å²) >= 11 is 3.38. The summed E-state index contributed by atoms with van der Waals surface area (Å²) in [5.41, 5.74) is 1.34. The van der Waals surface area contributed by atoms with Gasteiger partial charge in [-0.05, 0) is 42.8 Å². The van der Waals surface area contributed by atoms with Crippen LogP contribution in [0.5, 0.6) is 11.5 Å². The summed E-state index contributed by atoms with van der Waals surface area (Å²) in [6.45, 7) is 2.94. The quantitative estimate of drug-likeness (QED) is 0.769. The van der Waals surface area contributed by atoms with Crippen molar-refractivity contribution in [3.05, 3.63) is 57.6 Å². The highest BCUT2D eigenvalue weighted by molar-refractivity contribution is 9.10. The number of amides is 2. The van der Waals surface area contributed by atoms with Crippen LogP contribution in [-0.2, 0) is 0 Å². The lowest BCUT2D eigenvalue weighted by atomic mass is 9.96. The van der Waals surface area contributed by atoms with Crippen LogP contribution in [0.2, 0.25) is 0 Å². The standard InChI is InChI=1S/C21H21BrN2O4/c1-13-3-4-14(11-18(13)27-2)20(26)24-9-7-21(8-10-24)23-19(25)16-12-15(22)5-6-17(16)28-21/h3-6,11-12H,7-10H2,1-2H3,(H,23,25). The Bertz CT molecular complexity index is 951. The Hall–Kier alpha value is -2.54. The molecular formula is C21H21BrN2O4. The first-order valence-electron chi connectivity index (χ1n) is 9.16. The summed E-state index contributed by atoms with van der Waals surface area (Å²) < 4.78 is 12.3. The maximum atomic E-state index is 12.9. The molecule has 7 heteroatoms. The average Bonchev–Trinajstić information content (AvgIpc) is 2.69. The van der Waals surface area contributed by atoms with Gasteiger partial charge >= 0.3 is 0 Å². The van der Waals surface area contributed by atoms with Crippen LogP contribution in [-0.4, -0.2) is 42.6 Å². The number of carbonyl (C=O) groups excluding carboxylic acids is 2. The van der Waals surface area contributed by atoms with Gasteiger partial charge in [0.2, 0.25) is 0 Å². The van der Waals surface area contributed by atoms with E-state index in [-0.39, 0.29) is 11.8 Å². The molecule has 28 heavy (non-hydrogen) atoms. The molecule has 2 heterocycles. The number of fused-ring (bicyclic) bond motifs is 1. The number of hydrogen-bond acceptors (Lipinski definition) is 4. The number of rotatable bonds is 2. The zero-order valence-corrected chi connectivity index (χ0v) is 17.3. The summed E-state index contributed by atoms with van der Waals surface area (Å²) in [6, 6.07) is 10.9. The molecule has 2 aliphatic rings. The molecule has 0 aromatic heterocycles. The first kappa shape index (κ1) is 18.8. The number of methoxy groups -OCH3 is 1. The number of aryl methyl sites for hydroxylation is 1. The molecule has 1 fully saturated rings. The summed E-state index contributed by atoms with van der Waals surface area (Å²) in [5, 5.41) is 3.00. The van der Waals surface area contributed by atoms with Gasteiger partial charge in [-0.15, -0.1) is 0 Å². The number of nitrogens with one attached hydrogen (secondary N) is 1. The van der Waals surface area contributed by atoms with Gasteiger partial charge in [0.15, 0.2) is 5.72 Å². The van der Waals surface area contributed by atoms with Crippen LogP contribution in [0.1, 0.15) is 39.1 Å². The molecule has 2 amide bonds. The second-order valence-corrected chi connectivity index (χ2v) is 8.08. The Morgan fingerprint density at radius 2 is 1.96 bits per heavy atom. The molecule has 0 saturated carbocycles. The Kier molecular flexibility index (Phi) is 4.79. The van der Waals surface area contributed by atoms with Crippen molar-refractivity contribution < 1.29 is 19.1 Å². The van der Waals surface area contributed by atoms with Gasteiger partial charge in [-0.25, -0.2) is 0 Å². The summed E-state index contributed by atoms with van der Waals surface area (Å²) in [5.74, 6) is 1.09. The van der Waals surface area contributed by atoms with Gasteiger partial charge < -0.3 is 19.7 Å². The fourth-order valence-corrected chi connectivity index (χ4v) is 4.07. The minimum atomic E-state index is -0.764. The smallest absolute Gasteiger partial charge is 0.258 e. The normalized spacial score (nSPS) is 17.5. The van der Waals surface area contributed by atoms with E-state index in [1.54, 1.807) is 30.2 Å². The first-order valence-corrected chi connectivity index (χ1v) is 9.95. The zero-order chi connectivity index (χ0) is 19.9. The SMILES string of the molecule is COc1cc(C(=O)N2CCC3(CC2)NC(=O)c2cc(Br)ccc2O3)ccc1C. The number of ether oxygens (including phenoxy) is 2. The highest BCUT2D eigenvalue weighted by Gasteiger charge is 2.43. The van der Waals surface area contributed by atoms with E-state index in [4.69, 9.17) is 9.47 Å². The lowest BCUT2D eigenvalue weighted by Crippen LogP contribution is -2.61. The predicted octanol–water partition coefficient (Wildman–Crippen LogP) is 3.52. The van der Waals surface area contributed by atoms with Crippen LogP contribution in [0.25, 0.3) is 0 Å². The Labute approximate surface area is 171 Å². The molecular weight excluding hydrogens is 424 g/mol. The minimum absolute atomic E-state index is 0.0420. The van der Waals surface area contributed by atoms with Crippen LogP contribution in [0.4, 0.5) is 0 Å². The number of benzene rings is 2. The second kappa shape index (κ2) is 7.13. The molecule has 146 valence electrons. The molecule has 2 aromatic carbocycles. The molecule has 2 aromatic rings. The van der Waals surface area contributed by atoms with Gasteiger partial charge in [0.1, 0.15) is 11.5 Å². The van der Waals surface area contributed by atoms with Crippen molar-refractivity contribution in [1.82, 2.24) is 10.2 Å². The molecule has 0 atom stereocenters. The van der Waals surface area contributed by atoms with Gasteiger partial charge in [0.05, 0.1) is 12.7 Å². The van der Waals surface area contributed by atoms with Crippen molar-refractivity contribution in [2.45, 2.75) is 25.5 Å². The van der Waals surface area contributed by atoms with Crippen LogP contribution in [0.15, 0.2) is 40.9 Å². The van der Waals surface area contributed by atoms with E-state index in [1.165, 1.54) is 0 Å². The summed E-state index contributed by atoms with van der Waals surface area (Å²) in [6.07, 6.45) is 1.06. The van der Waals surface area contributed by atoms with E-state index in [1.807, 2.05) is 25.1 Å². The van der Waals surface area contributed by atoms with Gasteiger partial charge in [0, 0.05) is 36.0 Å². The van der Waals surface area contributed by atoms with E-state index in [0.29, 0.717) is 48.6 Å². The number of carbonyl (C=O) groups is 2. The summed E-state index contributed by atoms with van der Waals surface area (Å²) in [4.78, 5) is 27.2. The van der Waals surface area contributed by atoms with Crippen LogP contribution < -0.4 is 14.8 Å². The molecule has 4 rings (SSSR count). The molecule has 1 spiro atoms. The molecule has 1 N–H and O–H groups in total. The van der Waals surface area contributed by atoms with E-state index >= 15 is 0 Å². The van der Waals surface area contributed by atoms with Crippen LogP contribution in [0.3, 0.4) is 0 Å². The van der Waals surface area contributed by atoms with Crippen LogP contribution >= 0.6 is 15.9 Å². The third-order valence-corrected chi connectivity index (χ3v) is 5.84. The largest absolute Gasteiger partial charge is 0.496 e. The van der Waals surface area contributed by atoms with Crippen molar-refractivity contribution in [3.63, 3.8) is 0 Å². The van der Waals surface area contributed by atoms with Gasteiger partial charge in [0.25, 0.3) is 11.8 Å². The van der Waals surface area contributed by atoms with Gasteiger partial charge in [-0.1, -0.05) is 22.0 Å². The molecule has 6 nitrogen and oxygen atoms in total. The number of likely N-dealkylation sites (tertiary alicyclic amines) is 1. The van der Waals surface area contributed by atoms with Gasteiger partial charge in [-0.2, -0.15) is 0 Å². The Balaban J connectivity index is 1.48. The number of hydrogen-bond donors (Lipinski definition) is 1. The monoisotopic (exact) mass is 444 g/mol. The topological polar surface area (TPSA) is 67.9 Å². The van der Waals surface area contributed by atoms with E-state index in [0.717, 1.165) is 10.0 Å². The van der Waals surface area contributed by atoms with Gasteiger partial charge in [-0.3, -0.25) is 9.59 Å². The highest BCUT2D eigenvalue weighted by atomic mass is 79.9. The highest BCUT2D eigenvalue weighted by Crippen LogP contribution is 2.35. The summed E-state index contributed by atoms with van der Waals surface area (Å²) in [7, 11) is 1.60. The van der Waals surface area contributed by atoms with Crippen molar-refractivity contribution in [1.29, 1.82) is 0 Å². The number of piperidine rings is 1. The second-order valence-electron chi connectivity index (χ2n) is 7.17. The van der Waals surface area contributed by atoms with Crippen molar-refractivity contribution in [2.75, 3.05) is 20.2 Å².